The molecule has 28 heavy (non-hydrogen) atoms. The van der Waals surface area contributed by atoms with Crippen LogP contribution in [0.4, 0.5) is 10.1 Å². The van der Waals surface area contributed by atoms with Crippen LogP contribution in [0.3, 0.4) is 0 Å². The molecular weight excluding hydrogens is 381 g/mol. The molecule has 7 heteroatoms. The highest BCUT2D eigenvalue weighted by atomic mass is 35.5. The van der Waals surface area contributed by atoms with Gasteiger partial charge in [0.05, 0.1) is 16.1 Å². The van der Waals surface area contributed by atoms with E-state index in [4.69, 9.17) is 11.6 Å². The van der Waals surface area contributed by atoms with Crippen LogP contribution in [-0.2, 0) is 6.42 Å². The van der Waals surface area contributed by atoms with Gasteiger partial charge in [0.25, 0.3) is 11.8 Å². The average molecular weight is 398 g/mol. The largest absolute Gasteiger partial charge is 0.352 e. The second-order valence-corrected chi connectivity index (χ2v) is 6.44. The van der Waals surface area contributed by atoms with E-state index in [9.17, 15) is 14.0 Å². The zero-order chi connectivity index (χ0) is 19.9. The van der Waals surface area contributed by atoms with Crippen LogP contribution < -0.4 is 10.6 Å². The van der Waals surface area contributed by atoms with Gasteiger partial charge in [-0.25, -0.2) is 4.39 Å². The van der Waals surface area contributed by atoms with E-state index in [1.54, 1.807) is 0 Å². The van der Waals surface area contributed by atoms with Gasteiger partial charge in [-0.3, -0.25) is 14.6 Å². The van der Waals surface area contributed by atoms with Crippen LogP contribution in [0.25, 0.3) is 0 Å². The third kappa shape index (κ3) is 5.14. The highest BCUT2D eigenvalue weighted by Crippen LogP contribution is 2.20. The van der Waals surface area contributed by atoms with Crippen molar-refractivity contribution >= 4 is 29.1 Å². The third-order valence-electron chi connectivity index (χ3n) is 3.98. The Bertz CT molecular complexity index is 996. The van der Waals surface area contributed by atoms with Gasteiger partial charge in [-0.1, -0.05) is 41.9 Å². The number of halogens is 2. The van der Waals surface area contributed by atoms with Crippen molar-refractivity contribution in [2.24, 2.45) is 0 Å². The lowest BCUT2D eigenvalue weighted by Crippen LogP contribution is -2.26. The van der Waals surface area contributed by atoms with Gasteiger partial charge in [-0.2, -0.15) is 0 Å². The molecule has 0 aliphatic carbocycles. The van der Waals surface area contributed by atoms with E-state index in [-0.39, 0.29) is 22.1 Å². The van der Waals surface area contributed by atoms with Gasteiger partial charge >= 0.3 is 0 Å². The van der Waals surface area contributed by atoms with Crippen LogP contribution in [0.2, 0.25) is 5.02 Å². The van der Waals surface area contributed by atoms with Crippen LogP contribution in [0, 0.1) is 5.82 Å². The number of anilines is 1. The summed E-state index contributed by atoms with van der Waals surface area (Å²) in [5.41, 5.74) is 1.94. The first kappa shape index (κ1) is 19.5. The molecule has 5 nitrogen and oxygen atoms in total. The fraction of sp³-hybridized carbons (Fsp3) is 0.0952. The number of hydrogen-bond donors (Lipinski definition) is 2. The maximum Gasteiger partial charge on any atom is 0.257 e. The number of hydrogen-bond acceptors (Lipinski definition) is 3. The molecule has 3 aromatic rings. The second-order valence-electron chi connectivity index (χ2n) is 6.04. The molecule has 0 saturated heterocycles. The molecule has 1 aromatic heterocycles. The number of nitrogens with zero attached hydrogens (tertiary/aromatic N) is 1. The van der Waals surface area contributed by atoms with Gasteiger partial charge in [0, 0.05) is 24.6 Å². The van der Waals surface area contributed by atoms with Gasteiger partial charge in [-0.15, -0.1) is 0 Å². The highest BCUT2D eigenvalue weighted by molar-refractivity contribution is 6.31. The predicted molar refractivity (Wildman–Crippen MR) is 106 cm³/mol. The molecule has 0 aliphatic heterocycles. The first-order valence-electron chi connectivity index (χ1n) is 8.56. The summed E-state index contributed by atoms with van der Waals surface area (Å²) in [6.45, 7) is 0.466. The number of nitrogens with one attached hydrogen (secondary N) is 2. The SMILES string of the molecule is O=C(NCCc1ccccc1)c1cncc(C(=O)Nc2ccc(F)c(Cl)c2)c1. The van der Waals surface area contributed by atoms with Crippen LogP contribution in [0.1, 0.15) is 26.3 Å². The molecule has 0 fully saturated rings. The van der Waals surface area contributed by atoms with Crippen molar-refractivity contribution in [2.75, 3.05) is 11.9 Å². The van der Waals surface area contributed by atoms with Crippen LogP contribution in [0.5, 0.6) is 0 Å². The van der Waals surface area contributed by atoms with Crippen molar-refractivity contribution in [3.8, 4) is 0 Å². The lowest BCUT2D eigenvalue weighted by atomic mass is 10.1. The molecule has 0 atom stereocenters. The minimum absolute atomic E-state index is 0.0949. The molecule has 0 radical (unpaired) electrons. The van der Waals surface area contributed by atoms with E-state index in [1.165, 1.54) is 30.6 Å². The van der Waals surface area contributed by atoms with Crippen molar-refractivity contribution < 1.29 is 14.0 Å². The Morgan fingerprint density at radius 1 is 0.964 bits per heavy atom. The molecule has 0 spiro atoms. The van der Waals surface area contributed by atoms with Gasteiger partial charge in [0.1, 0.15) is 5.82 Å². The third-order valence-corrected chi connectivity index (χ3v) is 4.27. The van der Waals surface area contributed by atoms with Crippen molar-refractivity contribution in [1.29, 1.82) is 0 Å². The fourth-order valence-electron chi connectivity index (χ4n) is 2.53. The molecule has 0 aliphatic rings. The van der Waals surface area contributed by atoms with E-state index in [2.05, 4.69) is 15.6 Å². The molecule has 2 aromatic carbocycles. The van der Waals surface area contributed by atoms with Crippen molar-refractivity contribution in [2.45, 2.75) is 6.42 Å². The predicted octanol–water partition coefficient (Wildman–Crippen LogP) is 4.10. The van der Waals surface area contributed by atoms with Gasteiger partial charge in [0.2, 0.25) is 0 Å². The van der Waals surface area contributed by atoms with Gasteiger partial charge < -0.3 is 10.6 Å². The Kier molecular flexibility index (Phi) is 6.34. The average Bonchev–Trinajstić information content (AvgIpc) is 2.71. The fourth-order valence-corrected chi connectivity index (χ4v) is 2.71. The normalized spacial score (nSPS) is 10.4. The topological polar surface area (TPSA) is 71.1 Å². The summed E-state index contributed by atoms with van der Waals surface area (Å²) in [5.74, 6) is -1.37. The zero-order valence-electron chi connectivity index (χ0n) is 14.8. The standard InChI is InChI=1S/C21H17ClFN3O2/c22-18-11-17(6-7-19(18)23)26-21(28)16-10-15(12-24-13-16)20(27)25-9-8-14-4-2-1-3-5-14/h1-7,10-13H,8-9H2,(H,25,27)(H,26,28). The summed E-state index contributed by atoms with van der Waals surface area (Å²) in [4.78, 5) is 28.6. The first-order valence-corrected chi connectivity index (χ1v) is 8.94. The minimum Gasteiger partial charge on any atom is -0.352 e. The van der Waals surface area contributed by atoms with E-state index in [1.807, 2.05) is 30.3 Å². The van der Waals surface area contributed by atoms with Gasteiger partial charge in [-0.05, 0) is 36.2 Å². The van der Waals surface area contributed by atoms with E-state index >= 15 is 0 Å². The Morgan fingerprint density at radius 2 is 1.68 bits per heavy atom. The minimum atomic E-state index is -0.574. The summed E-state index contributed by atoms with van der Waals surface area (Å²) in [6.07, 6.45) is 3.44. The number of carbonyl (C=O) groups is 2. The molecule has 0 saturated carbocycles. The molecule has 3 rings (SSSR count). The van der Waals surface area contributed by atoms with Crippen molar-refractivity contribution in [3.05, 3.63) is 94.5 Å². The highest BCUT2D eigenvalue weighted by Gasteiger charge is 2.12. The van der Waals surface area contributed by atoms with Crippen molar-refractivity contribution in [1.82, 2.24) is 10.3 Å². The molecular formula is C21H17ClFN3O2. The molecule has 2 amide bonds. The molecule has 2 N–H and O–H groups in total. The first-order chi connectivity index (χ1) is 13.5. The second kappa shape index (κ2) is 9.10. The maximum absolute atomic E-state index is 13.2. The lowest BCUT2D eigenvalue weighted by Gasteiger charge is -2.08. The van der Waals surface area contributed by atoms with E-state index < -0.39 is 11.7 Å². The van der Waals surface area contributed by atoms with Crippen LogP contribution in [-0.4, -0.2) is 23.3 Å². The Labute approximate surface area is 166 Å². The van der Waals surface area contributed by atoms with E-state index in [0.29, 0.717) is 18.7 Å². The summed E-state index contributed by atoms with van der Waals surface area (Å²) < 4.78 is 13.2. The zero-order valence-corrected chi connectivity index (χ0v) is 15.5. The van der Waals surface area contributed by atoms with Gasteiger partial charge in [0.15, 0.2) is 0 Å². The molecule has 142 valence electrons. The number of carbonyl (C=O) groups excluding carboxylic acids is 2. The summed E-state index contributed by atoms with van der Waals surface area (Å²) in [5, 5.41) is 5.31. The summed E-state index contributed by atoms with van der Waals surface area (Å²) >= 11 is 5.71. The Balaban J connectivity index is 1.61. The molecule has 1 heterocycles. The lowest BCUT2D eigenvalue weighted by molar-refractivity contribution is 0.0953. The summed E-state index contributed by atoms with van der Waals surface area (Å²) in [7, 11) is 0. The number of pyridine rings is 1. The number of benzene rings is 2. The quantitative estimate of drug-likeness (QED) is 0.657. The molecule has 0 unspecified atom stereocenters. The summed E-state index contributed by atoms with van der Waals surface area (Å²) in [6, 6.07) is 15.1. The number of aromatic nitrogens is 1. The smallest absolute Gasteiger partial charge is 0.257 e. The molecule has 0 bridgehead atoms. The number of amides is 2. The van der Waals surface area contributed by atoms with Crippen LogP contribution >= 0.6 is 11.6 Å². The monoisotopic (exact) mass is 397 g/mol. The maximum atomic E-state index is 13.2. The van der Waals surface area contributed by atoms with Crippen LogP contribution in [0.15, 0.2) is 67.0 Å². The van der Waals surface area contributed by atoms with Crippen molar-refractivity contribution in [3.63, 3.8) is 0 Å². The Morgan fingerprint density at radius 3 is 2.39 bits per heavy atom. The number of rotatable bonds is 6. The van der Waals surface area contributed by atoms with E-state index in [0.717, 1.165) is 11.6 Å². The Hall–Kier alpha value is -3.25.